The number of para-hydroxylation sites is 1. The summed E-state index contributed by atoms with van der Waals surface area (Å²) in [4.78, 5) is 4.92. The van der Waals surface area contributed by atoms with Crippen LogP contribution in [0, 0.1) is 0 Å². The molecular weight excluding hydrogens is 364 g/mol. The summed E-state index contributed by atoms with van der Waals surface area (Å²) < 4.78 is 7.27. The van der Waals surface area contributed by atoms with Crippen LogP contribution >= 0.6 is 0 Å². The van der Waals surface area contributed by atoms with Gasteiger partial charge in [0, 0.05) is 31.9 Å². The third-order valence-corrected chi connectivity index (χ3v) is 5.48. The van der Waals surface area contributed by atoms with Crippen molar-refractivity contribution in [2.24, 2.45) is 0 Å². The normalized spacial score (nSPS) is 16.2. The van der Waals surface area contributed by atoms with Crippen molar-refractivity contribution < 1.29 is 4.74 Å². The Labute approximate surface area is 171 Å². The van der Waals surface area contributed by atoms with Crippen LogP contribution in [-0.4, -0.2) is 58.4 Å². The lowest BCUT2D eigenvalue weighted by Gasteiger charge is -2.40. The van der Waals surface area contributed by atoms with Crippen molar-refractivity contribution in [3.63, 3.8) is 0 Å². The summed E-state index contributed by atoms with van der Waals surface area (Å²) in [6.45, 7) is 8.05. The van der Waals surface area contributed by atoms with Crippen molar-refractivity contribution in [1.82, 2.24) is 25.1 Å². The van der Waals surface area contributed by atoms with Crippen LogP contribution in [0.2, 0.25) is 0 Å². The zero-order chi connectivity index (χ0) is 20.2. The van der Waals surface area contributed by atoms with Crippen molar-refractivity contribution in [3.8, 4) is 5.75 Å². The Balaban J connectivity index is 1.61. The molecule has 1 aliphatic rings. The summed E-state index contributed by atoms with van der Waals surface area (Å²) in [5.74, 6) is 1.74. The monoisotopic (exact) mass is 392 g/mol. The molecule has 7 nitrogen and oxygen atoms in total. The van der Waals surface area contributed by atoms with Crippen molar-refractivity contribution >= 4 is 5.69 Å². The highest BCUT2D eigenvalue weighted by molar-refractivity contribution is 5.46. The molecule has 2 heterocycles. The Morgan fingerprint density at radius 2 is 1.59 bits per heavy atom. The number of ether oxygens (including phenoxy) is 1. The first kappa shape index (κ1) is 19.4. The molecule has 0 spiro atoms. The van der Waals surface area contributed by atoms with Crippen LogP contribution in [0.25, 0.3) is 0 Å². The van der Waals surface area contributed by atoms with Crippen LogP contribution in [0.15, 0.2) is 54.6 Å². The van der Waals surface area contributed by atoms with E-state index in [0.29, 0.717) is 0 Å². The van der Waals surface area contributed by atoms with Crippen LogP contribution in [-0.2, 0) is 0 Å². The number of piperazine rings is 1. The van der Waals surface area contributed by atoms with E-state index in [0.717, 1.165) is 37.8 Å². The van der Waals surface area contributed by atoms with E-state index in [1.54, 1.807) is 7.11 Å². The molecule has 152 valence electrons. The van der Waals surface area contributed by atoms with Gasteiger partial charge in [-0.15, -0.1) is 5.10 Å². The quantitative estimate of drug-likeness (QED) is 0.642. The van der Waals surface area contributed by atoms with Gasteiger partial charge in [0.25, 0.3) is 0 Å². The van der Waals surface area contributed by atoms with Gasteiger partial charge in [0.05, 0.1) is 19.2 Å². The van der Waals surface area contributed by atoms with E-state index in [2.05, 4.69) is 81.6 Å². The predicted octanol–water partition coefficient (Wildman–Crippen LogP) is 3.17. The Kier molecular flexibility index (Phi) is 5.76. The molecule has 7 heteroatoms. The molecule has 29 heavy (non-hydrogen) atoms. The van der Waals surface area contributed by atoms with E-state index < -0.39 is 0 Å². The smallest absolute Gasteiger partial charge is 0.173 e. The molecule has 0 bridgehead atoms. The second-order valence-electron chi connectivity index (χ2n) is 7.61. The second kappa shape index (κ2) is 8.61. The molecule has 1 aromatic heterocycles. The van der Waals surface area contributed by atoms with Gasteiger partial charge >= 0.3 is 0 Å². The van der Waals surface area contributed by atoms with E-state index in [-0.39, 0.29) is 12.1 Å². The standard InChI is InChI=1S/C22H28N6O/c1-17(2)28-22(23-24-25-28)21(18-9-11-20(29-3)12-10-18)27-15-13-26(14-16-27)19-7-5-4-6-8-19/h4-12,17,21H,13-16H2,1-3H3/t21-/m0/s1. The largest absolute Gasteiger partial charge is 0.497 e. The molecule has 0 saturated carbocycles. The summed E-state index contributed by atoms with van der Waals surface area (Å²) in [6, 6.07) is 19.1. The molecule has 1 fully saturated rings. The molecule has 0 aliphatic carbocycles. The zero-order valence-corrected chi connectivity index (χ0v) is 17.3. The van der Waals surface area contributed by atoms with Gasteiger partial charge < -0.3 is 9.64 Å². The maximum atomic E-state index is 5.34. The van der Waals surface area contributed by atoms with Crippen LogP contribution in [0.5, 0.6) is 5.75 Å². The van der Waals surface area contributed by atoms with Gasteiger partial charge in [-0.05, 0) is 54.1 Å². The number of tetrazole rings is 1. The third-order valence-electron chi connectivity index (χ3n) is 5.48. The number of nitrogens with zero attached hydrogens (tertiary/aromatic N) is 6. The van der Waals surface area contributed by atoms with Gasteiger partial charge in [0.1, 0.15) is 5.75 Å². The lowest BCUT2D eigenvalue weighted by Crippen LogP contribution is -2.48. The van der Waals surface area contributed by atoms with E-state index in [9.17, 15) is 0 Å². The van der Waals surface area contributed by atoms with Crippen molar-refractivity contribution in [2.45, 2.75) is 25.9 Å². The number of anilines is 1. The van der Waals surface area contributed by atoms with Gasteiger partial charge in [-0.2, -0.15) is 0 Å². The van der Waals surface area contributed by atoms with Crippen LogP contribution < -0.4 is 9.64 Å². The third kappa shape index (κ3) is 4.10. The summed E-state index contributed by atoms with van der Waals surface area (Å²) in [6.07, 6.45) is 0. The minimum atomic E-state index is 0.0104. The highest BCUT2D eigenvalue weighted by Gasteiger charge is 2.31. The molecule has 0 unspecified atom stereocenters. The predicted molar refractivity (Wildman–Crippen MR) is 113 cm³/mol. The molecule has 1 saturated heterocycles. The van der Waals surface area contributed by atoms with Gasteiger partial charge in [-0.25, -0.2) is 4.68 Å². The fourth-order valence-electron chi connectivity index (χ4n) is 3.93. The molecule has 4 rings (SSSR count). The molecular formula is C22H28N6O. The number of rotatable bonds is 6. The molecule has 1 atom stereocenters. The second-order valence-corrected chi connectivity index (χ2v) is 7.61. The highest BCUT2D eigenvalue weighted by Crippen LogP contribution is 2.31. The molecule has 1 aliphatic heterocycles. The van der Waals surface area contributed by atoms with E-state index in [4.69, 9.17) is 4.74 Å². The molecule has 0 radical (unpaired) electrons. The Bertz CT molecular complexity index is 901. The van der Waals surface area contributed by atoms with Crippen LogP contribution in [0.3, 0.4) is 0 Å². The SMILES string of the molecule is COc1ccc([C@@H](c2nnnn2C(C)C)N2CCN(c3ccccc3)CC2)cc1. The molecule has 3 aromatic rings. The Morgan fingerprint density at radius 1 is 0.897 bits per heavy atom. The number of aromatic nitrogens is 4. The van der Waals surface area contributed by atoms with E-state index in [1.807, 2.05) is 16.8 Å². The van der Waals surface area contributed by atoms with Crippen molar-refractivity contribution in [1.29, 1.82) is 0 Å². The van der Waals surface area contributed by atoms with Gasteiger partial charge in [-0.1, -0.05) is 30.3 Å². The van der Waals surface area contributed by atoms with E-state index in [1.165, 1.54) is 11.3 Å². The van der Waals surface area contributed by atoms with E-state index >= 15 is 0 Å². The fourth-order valence-corrected chi connectivity index (χ4v) is 3.93. The number of hydrogen-bond acceptors (Lipinski definition) is 6. The van der Waals surface area contributed by atoms with Crippen molar-refractivity contribution in [2.75, 3.05) is 38.2 Å². The van der Waals surface area contributed by atoms with Gasteiger partial charge in [-0.3, -0.25) is 4.90 Å². The fraction of sp³-hybridized carbons (Fsp3) is 0.409. The minimum Gasteiger partial charge on any atom is -0.497 e. The zero-order valence-electron chi connectivity index (χ0n) is 17.3. The van der Waals surface area contributed by atoms with Gasteiger partial charge in [0.15, 0.2) is 5.82 Å². The summed E-state index contributed by atoms with van der Waals surface area (Å²) in [5, 5.41) is 12.7. The first-order valence-electron chi connectivity index (χ1n) is 10.1. The number of hydrogen-bond donors (Lipinski definition) is 0. The molecule has 2 aromatic carbocycles. The molecule has 0 amide bonds. The van der Waals surface area contributed by atoms with Crippen LogP contribution in [0.4, 0.5) is 5.69 Å². The lowest BCUT2D eigenvalue weighted by atomic mass is 10.0. The topological polar surface area (TPSA) is 59.3 Å². The van der Waals surface area contributed by atoms with Crippen molar-refractivity contribution in [3.05, 3.63) is 66.0 Å². The lowest BCUT2D eigenvalue weighted by molar-refractivity contribution is 0.199. The summed E-state index contributed by atoms with van der Waals surface area (Å²) in [5.41, 5.74) is 2.45. The summed E-state index contributed by atoms with van der Waals surface area (Å²) >= 11 is 0. The first-order valence-corrected chi connectivity index (χ1v) is 10.1. The maximum absolute atomic E-state index is 5.34. The van der Waals surface area contributed by atoms with Crippen LogP contribution in [0.1, 0.15) is 37.3 Å². The average molecular weight is 393 g/mol. The minimum absolute atomic E-state index is 0.0104. The van der Waals surface area contributed by atoms with Gasteiger partial charge in [0.2, 0.25) is 0 Å². The Hall–Kier alpha value is -2.93. The summed E-state index contributed by atoms with van der Waals surface area (Å²) in [7, 11) is 1.69. The Morgan fingerprint density at radius 3 is 2.21 bits per heavy atom. The maximum Gasteiger partial charge on any atom is 0.173 e. The first-order chi connectivity index (χ1) is 14.2. The number of benzene rings is 2. The highest BCUT2D eigenvalue weighted by atomic mass is 16.5. The average Bonchev–Trinajstić information content (AvgIpc) is 3.25. The molecule has 0 N–H and O–H groups in total. The number of methoxy groups -OCH3 is 1.